The monoisotopic (exact) mass is 333 g/mol. The van der Waals surface area contributed by atoms with Gasteiger partial charge in [-0.05, 0) is 38.5 Å². The molecule has 6 nitrogen and oxygen atoms in total. The maximum atomic E-state index is 12.2. The average molecular weight is 333 g/mol. The first-order chi connectivity index (χ1) is 11.6. The zero-order chi connectivity index (χ0) is 17.5. The maximum absolute atomic E-state index is 12.2. The number of rotatable bonds is 8. The quantitative estimate of drug-likeness (QED) is 0.549. The molecule has 0 atom stereocenters. The molecule has 0 amide bonds. The smallest absolute Gasteiger partial charge is 0.354 e. The average Bonchev–Trinajstić information content (AvgIpc) is 2.92. The summed E-state index contributed by atoms with van der Waals surface area (Å²) >= 11 is 0. The van der Waals surface area contributed by atoms with E-state index in [0.717, 1.165) is 16.5 Å². The highest BCUT2D eigenvalue weighted by Gasteiger charge is 2.17. The lowest BCUT2D eigenvalue weighted by molar-refractivity contribution is -0.148. The summed E-state index contributed by atoms with van der Waals surface area (Å²) in [6.07, 6.45) is 0. The first-order valence-corrected chi connectivity index (χ1v) is 8.07. The fourth-order valence-corrected chi connectivity index (χ4v) is 2.56. The van der Waals surface area contributed by atoms with Crippen LogP contribution in [0.4, 0.5) is 0 Å². The van der Waals surface area contributed by atoms with E-state index in [1.165, 1.54) is 0 Å². The lowest BCUT2D eigenvalue weighted by Gasteiger charge is -2.10. The minimum Gasteiger partial charge on any atom is -0.464 e. The third-order valence-electron chi connectivity index (χ3n) is 3.63. The number of carbonyl (C=O) groups excluding carboxylic acids is 2. The number of benzene rings is 1. The number of ether oxygens (including phenoxy) is 3. The number of hydrogen-bond acceptors (Lipinski definition) is 5. The van der Waals surface area contributed by atoms with Crippen molar-refractivity contribution < 1.29 is 23.8 Å². The molecule has 0 aliphatic rings. The Morgan fingerprint density at radius 1 is 1.12 bits per heavy atom. The van der Waals surface area contributed by atoms with Crippen molar-refractivity contribution in [3.05, 3.63) is 35.5 Å². The Balaban J connectivity index is 2.17. The highest BCUT2D eigenvalue weighted by Crippen LogP contribution is 2.23. The number of hydrogen-bond donors (Lipinski definition) is 0. The van der Waals surface area contributed by atoms with Crippen LogP contribution < -0.4 is 0 Å². The predicted octanol–water partition coefficient (Wildman–Crippen LogP) is 2.71. The fraction of sp³-hybridized carbons (Fsp3) is 0.444. The molecule has 0 bridgehead atoms. The van der Waals surface area contributed by atoms with Gasteiger partial charge in [0.15, 0.2) is 0 Å². The highest BCUT2D eigenvalue weighted by molar-refractivity contribution is 5.96. The van der Waals surface area contributed by atoms with E-state index >= 15 is 0 Å². The SMILES string of the molecule is CCOC(=O)COCCn1c(C(=O)OCC)cc2c(C)cccc21. The van der Waals surface area contributed by atoms with Gasteiger partial charge >= 0.3 is 11.9 Å². The summed E-state index contributed by atoms with van der Waals surface area (Å²) in [4.78, 5) is 23.5. The molecule has 0 N–H and O–H groups in total. The molecule has 6 heteroatoms. The summed E-state index contributed by atoms with van der Waals surface area (Å²) in [5, 5.41) is 1.01. The normalized spacial score (nSPS) is 10.8. The molecule has 1 heterocycles. The summed E-state index contributed by atoms with van der Waals surface area (Å²) in [7, 11) is 0. The third-order valence-corrected chi connectivity index (χ3v) is 3.63. The Morgan fingerprint density at radius 2 is 1.88 bits per heavy atom. The minimum atomic E-state index is -0.392. The Bertz CT molecular complexity index is 720. The van der Waals surface area contributed by atoms with Crippen molar-refractivity contribution in [3.63, 3.8) is 0 Å². The molecule has 0 saturated heterocycles. The van der Waals surface area contributed by atoms with Crippen LogP contribution in [0.1, 0.15) is 29.9 Å². The van der Waals surface area contributed by atoms with Gasteiger partial charge in [0.2, 0.25) is 0 Å². The molecule has 0 aliphatic carbocycles. The van der Waals surface area contributed by atoms with Gasteiger partial charge in [-0.25, -0.2) is 9.59 Å². The van der Waals surface area contributed by atoms with Crippen LogP contribution in [0.2, 0.25) is 0 Å². The van der Waals surface area contributed by atoms with Crippen LogP contribution in [-0.4, -0.2) is 42.9 Å². The highest BCUT2D eigenvalue weighted by atomic mass is 16.6. The zero-order valence-electron chi connectivity index (χ0n) is 14.3. The molecule has 0 spiro atoms. The molecular weight excluding hydrogens is 310 g/mol. The van der Waals surface area contributed by atoms with Gasteiger partial charge in [0, 0.05) is 17.4 Å². The lowest BCUT2D eigenvalue weighted by atomic mass is 10.1. The van der Waals surface area contributed by atoms with E-state index in [-0.39, 0.29) is 12.6 Å². The number of aryl methyl sites for hydroxylation is 1. The molecular formula is C18H23NO5. The van der Waals surface area contributed by atoms with Crippen molar-refractivity contribution in [3.8, 4) is 0 Å². The van der Waals surface area contributed by atoms with Crippen molar-refractivity contribution in [1.29, 1.82) is 0 Å². The number of fused-ring (bicyclic) bond motifs is 1. The van der Waals surface area contributed by atoms with Gasteiger partial charge in [0.25, 0.3) is 0 Å². The van der Waals surface area contributed by atoms with Crippen molar-refractivity contribution in [2.24, 2.45) is 0 Å². The van der Waals surface area contributed by atoms with Gasteiger partial charge in [-0.2, -0.15) is 0 Å². The van der Waals surface area contributed by atoms with Crippen LogP contribution in [-0.2, 0) is 25.5 Å². The van der Waals surface area contributed by atoms with E-state index in [0.29, 0.717) is 32.1 Å². The maximum Gasteiger partial charge on any atom is 0.354 e. The van der Waals surface area contributed by atoms with Crippen LogP contribution >= 0.6 is 0 Å². The molecule has 0 aliphatic heterocycles. The van der Waals surface area contributed by atoms with E-state index in [2.05, 4.69) is 0 Å². The first-order valence-electron chi connectivity index (χ1n) is 8.07. The van der Waals surface area contributed by atoms with E-state index in [1.54, 1.807) is 13.8 Å². The second-order valence-corrected chi connectivity index (χ2v) is 5.27. The Hall–Kier alpha value is -2.34. The standard InChI is InChI=1S/C18H23NO5/c1-4-23-17(20)12-22-10-9-19-15-8-6-7-13(3)14(15)11-16(19)18(21)24-5-2/h6-8,11H,4-5,9-10,12H2,1-3H3. The molecule has 0 saturated carbocycles. The third kappa shape index (κ3) is 4.14. The Kier molecular flexibility index (Phi) is 6.37. The van der Waals surface area contributed by atoms with Crippen LogP contribution in [0.5, 0.6) is 0 Å². The van der Waals surface area contributed by atoms with E-state index < -0.39 is 5.97 Å². The van der Waals surface area contributed by atoms with Crippen molar-refractivity contribution in [1.82, 2.24) is 4.57 Å². The van der Waals surface area contributed by atoms with Crippen molar-refractivity contribution >= 4 is 22.8 Å². The van der Waals surface area contributed by atoms with Gasteiger partial charge in [-0.15, -0.1) is 0 Å². The number of carbonyl (C=O) groups is 2. The molecule has 0 unspecified atom stereocenters. The second kappa shape index (κ2) is 8.49. The van der Waals surface area contributed by atoms with Crippen molar-refractivity contribution in [2.75, 3.05) is 26.4 Å². The molecule has 2 rings (SSSR count). The van der Waals surface area contributed by atoms with Crippen LogP contribution in [0, 0.1) is 6.92 Å². The van der Waals surface area contributed by atoms with Crippen molar-refractivity contribution in [2.45, 2.75) is 27.3 Å². The second-order valence-electron chi connectivity index (χ2n) is 5.27. The number of nitrogens with zero attached hydrogens (tertiary/aromatic N) is 1. The van der Waals surface area contributed by atoms with Gasteiger partial charge < -0.3 is 18.8 Å². The number of aromatic nitrogens is 1. The molecule has 1 aromatic heterocycles. The summed E-state index contributed by atoms with van der Waals surface area (Å²) in [5.74, 6) is -0.755. The molecule has 0 fully saturated rings. The minimum absolute atomic E-state index is 0.0964. The van der Waals surface area contributed by atoms with Crippen LogP contribution in [0.15, 0.2) is 24.3 Å². The molecule has 130 valence electrons. The Labute approximate surface area is 141 Å². The lowest BCUT2D eigenvalue weighted by Crippen LogP contribution is -2.17. The molecule has 24 heavy (non-hydrogen) atoms. The summed E-state index contributed by atoms with van der Waals surface area (Å²) in [6.45, 7) is 6.81. The summed E-state index contributed by atoms with van der Waals surface area (Å²) in [6, 6.07) is 7.74. The Morgan fingerprint density at radius 3 is 2.58 bits per heavy atom. The molecule has 2 aromatic rings. The summed E-state index contributed by atoms with van der Waals surface area (Å²) in [5.41, 5.74) is 2.52. The van der Waals surface area contributed by atoms with Crippen LogP contribution in [0.3, 0.4) is 0 Å². The predicted molar refractivity (Wildman–Crippen MR) is 90.1 cm³/mol. The number of esters is 2. The van der Waals surface area contributed by atoms with Crippen LogP contribution in [0.25, 0.3) is 10.9 Å². The van der Waals surface area contributed by atoms with E-state index in [9.17, 15) is 9.59 Å². The first kappa shape index (κ1) is 18.0. The topological polar surface area (TPSA) is 66.8 Å². The van der Waals surface area contributed by atoms with Gasteiger partial charge in [-0.3, -0.25) is 0 Å². The summed E-state index contributed by atoms with van der Waals surface area (Å²) < 4.78 is 17.2. The van der Waals surface area contributed by atoms with Gasteiger partial charge in [0.1, 0.15) is 12.3 Å². The van der Waals surface area contributed by atoms with E-state index in [1.807, 2.05) is 35.8 Å². The zero-order valence-corrected chi connectivity index (χ0v) is 14.3. The van der Waals surface area contributed by atoms with Gasteiger partial charge in [0.05, 0.1) is 19.8 Å². The van der Waals surface area contributed by atoms with Gasteiger partial charge in [-0.1, -0.05) is 12.1 Å². The molecule has 0 radical (unpaired) electrons. The fourth-order valence-electron chi connectivity index (χ4n) is 2.56. The largest absolute Gasteiger partial charge is 0.464 e. The van der Waals surface area contributed by atoms with E-state index in [4.69, 9.17) is 14.2 Å². The molecule has 1 aromatic carbocycles.